The third-order valence-corrected chi connectivity index (χ3v) is 3.15. The van der Waals surface area contributed by atoms with Crippen LogP contribution in [0.2, 0.25) is 0 Å². The molecule has 0 bridgehead atoms. The zero-order valence-corrected chi connectivity index (χ0v) is 11.5. The molecule has 8 nitrogen and oxygen atoms in total. The van der Waals surface area contributed by atoms with Crippen molar-refractivity contribution in [3.8, 4) is 0 Å². The van der Waals surface area contributed by atoms with Crippen LogP contribution in [0.25, 0.3) is 0 Å². The van der Waals surface area contributed by atoms with Gasteiger partial charge in [-0.25, -0.2) is 14.8 Å². The van der Waals surface area contributed by atoms with E-state index in [0.717, 1.165) is 6.07 Å². The maximum atomic E-state index is 13.7. The molecule has 0 aromatic heterocycles. The van der Waals surface area contributed by atoms with Crippen molar-refractivity contribution >= 4 is 11.9 Å². The Hall–Kier alpha value is -2.07. The molecule has 1 aromatic carbocycles. The lowest BCUT2D eigenvalue weighted by Gasteiger charge is -2.16. The fourth-order valence-electron chi connectivity index (χ4n) is 1.99. The Morgan fingerprint density at radius 3 is 2.41 bits per heavy atom. The number of carbonyl (C=O) groups is 2. The Bertz CT molecular complexity index is 551. The fourth-order valence-corrected chi connectivity index (χ4v) is 1.99. The topological polar surface area (TPSA) is 148 Å². The van der Waals surface area contributed by atoms with Gasteiger partial charge in [-0.3, -0.25) is 9.59 Å². The van der Waals surface area contributed by atoms with Crippen LogP contribution in [-0.2, 0) is 22.6 Å². The van der Waals surface area contributed by atoms with Gasteiger partial charge < -0.3 is 21.2 Å². The minimum atomic E-state index is -1.32. The third kappa shape index (κ3) is 5.37. The molecule has 9 heteroatoms. The number of halogens is 1. The van der Waals surface area contributed by atoms with Crippen molar-refractivity contribution in [2.24, 2.45) is 11.7 Å². The summed E-state index contributed by atoms with van der Waals surface area (Å²) in [7, 11) is 0. The molecule has 0 amide bonds. The van der Waals surface area contributed by atoms with E-state index in [1.807, 2.05) is 0 Å². The van der Waals surface area contributed by atoms with E-state index in [1.165, 1.54) is 12.1 Å². The molecular weight excluding hydrogens is 299 g/mol. The van der Waals surface area contributed by atoms with Crippen LogP contribution < -0.4 is 11.0 Å². The lowest BCUT2D eigenvalue weighted by molar-refractivity contribution is -1.06. The highest BCUT2D eigenvalue weighted by molar-refractivity contribution is 5.76. The van der Waals surface area contributed by atoms with Gasteiger partial charge in [0.2, 0.25) is 0 Å². The van der Waals surface area contributed by atoms with Gasteiger partial charge in [-0.1, -0.05) is 12.1 Å². The maximum absolute atomic E-state index is 13.7. The molecule has 0 fully saturated rings. The number of benzene rings is 1. The Morgan fingerprint density at radius 2 is 1.95 bits per heavy atom. The molecule has 0 radical (unpaired) electrons. The number of quaternary nitrogens is 1. The lowest BCUT2D eigenvalue weighted by Crippen LogP contribution is -3.03. The van der Waals surface area contributed by atoms with Crippen molar-refractivity contribution in [2.45, 2.75) is 25.4 Å². The van der Waals surface area contributed by atoms with Crippen LogP contribution in [0.15, 0.2) is 18.2 Å². The van der Waals surface area contributed by atoms with Crippen LogP contribution in [0.3, 0.4) is 0 Å². The molecule has 0 aliphatic heterocycles. The lowest BCUT2D eigenvalue weighted by atomic mass is 9.92. The molecule has 22 heavy (non-hydrogen) atoms. The molecule has 0 heterocycles. The summed E-state index contributed by atoms with van der Waals surface area (Å²) in [4.78, 5) is 21.8. The zero-order valence-electron chi connectivity index (χ0n) is 11.5. The summed E-state index contributed by atoms with van der Waals surface area (Å²) < 4.78 is 13.7. The minimum absolute atomic E-state index is 0.00892. The number of aliphatic carboxylic acids is 2. The number of carboxylic acid groups (broad SMARTS) is 2. The van der Waals surface area contributed by atoms with Gasteiger partial charge in [0.25, 0.3) is 0 Å². The number of rotatable bonds is 8. The van der Waals surface area contributed by atoms with Crippen LogP contribution in [0.1, 0.15) is 17.5 Å². The van der Waals surface area contributed by atoms with E-state index in [-0.39, 0.29) is 18.4 Å². The number of hydroxylamine groups is 2. The van der Waals surface area contributed by atoms with Crippen LogP contribution in [0.5, 0.6) is 0 Å². The number of nitrogens with one attached hydrogen (secondary N) is 1. The molecule has 1 aromatic rings. The first-order valence-corrected chi connectivity index (χ1v) is 6.41. The molecule has 3 atom stereocenters. The number of nitrogens with two attached hydrogens (primary N) is 1. The second-order valence-corrected chi connectivity index (χ2v) is 4.92. The van der Waals surface area contributed by atoms with Crippen LogP contribution in [0, 0.1) is 16.9 Å². The first-order chi connectivity index (χ1) is 10.2. The van der Waals surface area contributed by atoms with Gasteiger partial charge >= 0.3 is 11.9 Å². The van der Waals surface area contributed by atoms with Crippen LogP contribution in [-0.4, -0.2) is 33.4 Å². The minimum Gasteiger partial charge on any atom is -0.600 e. The summed E-state index contributed by atoms with van der Waals surface area (Å²) in [6.45, 7) is -0.474. The number of carboxylic acids is 2. The van der Waals surface area contributed by atoms with Crippen molar-refractivity contribution in [1.29, 1.82) is 0 Å². The smallest absolute Gasteiger partial charge is 0.320 e. The van der Waals surface area contributed by atoms with Crippen molar-refractivity contribution in [3.63, 3.8) is 0 Å². The zero-order chi connectivity index (χ0) is 16.9. The average Bonchev–Trinajstić information content (AvgIpc) is 2.40. The monoisotopic (exact) mass is 316 g/mol. The molecular formula is C13H17FN2O6. The molecule has 0 spiro atoms. The SMILES string of the molecule is NC(CC(Cc1ccc(C[NH+]([O-])O)c(F)c1)C(=O)O)C(=O)O. The van der Waals surface area contributed by atoms with Crippen LogP contribution >= 0.6 is 0 Å². The van der Waals surface area contributed by atoms with Crippen molar-refractivity contribution in [1.82, 2.24) is 0 Å². The van der Waals surface area contributed by atoms with Gasteiger partial charge in [0.1, 0.15) is 18.4 Å². The van der Waals surface area contributed by atoms with Gasteiger partial charge in [0.05, 0.1) is 5.92 Å². The Morgan fingerprint density at radius 1 is 1.32 bits per heavy atom. The average molecular weight is 316 g/mol. The molecule has 0 aliphatic carbocycles. The van der Waals surface area contributed by atoms with Crippen molar-refractivity contribution in [2.75, 3.05) is 0 Å². The Kier molecular flexibility index (Phi) is 6.38. The van der Waals surface area contributed by atoms with Crippen molar-refractivity contribution in [3.05, 3.63) is 40.4 Å². The summed E-state index contributed by atoms with van der Waals surface area (Å²) in [5.74, 6) is -4.36. The predicted octanol–water partition coefficient (Wildman–Crippen LogP) is -0.857. The highest BCUT2D eigenvalue weighted by atomic mass is 19.1. The summed E-state index contributed by atoms with van der Waals surface area (Å²) in [6, 6.07) is 2.43. The van der Waals surface area contributed by atoms with E-state index in [9.17, 15) is 19.2 Å². The summed E-state index contributed by atoms with van der Waals surface area (Å²) in [6.07, 6.45) is -0.385. The van der Waals surface area contributed by atoms with E-state index in [0.29, 0.717) is 5.56 Å². The number of hydrogen-bond acceptors (Lipinski definition) is 5. The summed E-state index contributed by atoms with van der Waals surface area (Å²) in [5, 5.41) is 35.8. The molecule has 1 rings (SSSR count). The summed E-state index contributed by atoms with van der Waals surface area (Å²) in [5.41, 5.74) is 5.64. The van der Waals surface area contributed by atoms with E-state index in [1.54, 1.807) is 0 Å². The Balaban J connectivity index is 2.84. The van der Waals surface area contributed by atoms with E-state index in [2.05, 4.69) is 0 Å². The second-order valence-electron chi connectivity index (χ2n) is 4.92. The highest BCUT2D eigenvalue weighted by Gasteiger charge is 2.25. The molecule has 0 saturated heterocycles. The van der Waals surface area contributed by atoms with Crippen molar-refractivity contribution < 1.29 is 34.6 Å². The molecule has 0 saturated carbocycles. The highest BCUT2D eigenvalue weighted by Crippen LogP contribution is 2.17. The van der Waals surface area contributed by atoms with E-state index < -0.39 is 41.5 Å². The van der Waals surface area contributed by atoms with Gasteiger partial charge in [0.15, 0.2) is 0 Å². The summed E-state index contributed by atoms with van der Waals surface area (Å²) >= 11 is 0. The van der Waals surface area contributed by atoms with Gasteiger partial charge in [-0.05, 0) is 24.5 Å². The Labute approximate surface area is 125 Å². The standard InChI is InChI=1S/C13H17FN2O6/c14-10-4-7(1-2-8(10)6-16(21)22)3-9(12(17)18)5-11(15)13(19)20/h1-2,4,9,11,16,21H,3,5-6,15H2,(H,17,18)(H,19,20). The third-order valence-electron chi connectivity index (χ3n) is 3.15. The molecule has 0 aliphatic rings. The predicted molar refractivity (Wildman–Crippen MR) is 71.3 cm³/mol. The normalized spacial score (nSPS) is 15.1. The fraction of sp³-hybridized carbons (Fsp3) is 0.385. The van der Waals surface area contributed by atoms with Crippen LogP contribution in [0.4, 0.5) is 4.39 Å². The van der Waals surface area contributed by atoms with Gasteiger partial charge in [0, 0.05) is 5.56 Å². The van der Waals surface area contributed by atoms with Gasteiger partial charge in [-0.2, -0.15) is 0 Å². The first-order valence-electron chi connectivity index (χ1n) is 6.41. The second kappa shape index (κ2) is 7.80. The molecule has 3 unspecified atom stereocenters. The molecule has 6 N–H and O–H groups in total. The number of hydrogen-bond donors (Lipinski definition) is 5. The molecule has 122 valence electrons. The van der Waals surface area contributed by atoms with Gasteiger partial charge in [-0.15, -0.1) is 0 Å². The maximum Gasteiger partial charge on any atom is 0.320 e. The van der Waals surface area contributed by atoms with E-state index >= 15 is 0 Å². The van der Waals surface area contributed by atoms with E-state index in [4.69, 9.17) is 21.2 Å². The first kappa shape index (κ1) is 18.0. The largest absolute Gasteiger partial charge is 0.600 e. The quantitative estimate of drug-likeness (QED) is 0.392.